The number of carboxylic acids is 1. The van der Waals surface area contributed by atoms with Gasteiger partial charge in [-0.3, -0.25) is 0 Å². The highest BCUT2D eigenvalue weighted by Crippen LogP contribution is 2.26. The average Bonchev–Trinajstić information content (AvgIpc) is 2.45. The highest BCUT2D eigenvalue weighted by atomic mass is 32.2. The Morgan fingerprint density at radius 3 is 2.19 bits per heavy atom. The van der Waals surface area contributed by atoms with Gasteiger partial charge in [-0.2, -0.15) is 0 Å². The first-order valence-electron chi connectivity index (χ1n) is 7.38. The van der Waals surface area contributed by atoms with E-state index in [1.54, 1.807) is 0 Å². The molecule has 1 unspecified atom stereocenters. The minimum atomic E-state index is -3.05. The van der Waals surface area contributed by atoms with Crippen LogP contribution in [-0.4, -0.2) is 61.1 Å². The third-order valence-electron chi connectivity index (χ3n) is 4.30. The van der Waals surface area contributed by atoms with Crippen molar-refractivity contribution >= 4 is 21.8 Å². The van der Waals surface area contributed by atoms with Gasteiger partial charge < -0.3 is 15.3 Å². The number of carboxylic acid groups (broad SMARTS) is 1. The van der Waals surface area contributed by atoms with Crippen LogP contribution in [0.2, 0.25) is 0 Å². The number of nitrogens with zero attached hydrogens (tertiary/aromatic N) is 1. The molecule has 2 rings (SSSR count). The normalized spacial score (nSPS) is 24.3. The Kier molecular flexibility index (Phi) is 5.08. The largest absolute Gasteiger partial charge is 0.480 e. The molecule has 1 aliphatic heterocycles. The van der Waals surface area contributed by atoms with Crippen molar-refractivity contribution in [3.63, 3.8) is 0 Å². The third-order valence-corrected chi connectivity index (χ3v) is 5.91. The summed E-state index contributed by atoms with van der Waals surface area (Å²) < 4.78 is 22.7. The lowest BCUT2D eigenvalue weighted by molar-refractivity contribution is -0.141. The quantitative estimate of drug-likeness (QED) is 0.787. The lowest BCUT2D eigenvalue weighted by atomic mass is 9.84. The van der Waals surface area contributed by atoms with Gasteiger partial charge in [0, 0.05) is 13.1 Å². The molecule has 2 fully saturated rings. The molecule has 0 bridgehead atoms. The van der Waals surface area contributed by atoms with Crippen LogP contribution in [0.5, 0.6) is 0 Å². The fourth-order valence-electron chi connectivity index (χ4n) is 2.99. The van der Waals surface area contributed by atoms with Gasteiger partial charge in [0.15, 0.2) is 9.84 Å². The molecule has 1 aliphatic carbocycles. The van der Waals surface area contributed by atoms with Crippen molar-refractivity contribution in [1.82, 2.24) is 10.2 Å². The summed E-state index contributed by atoms with van der Waals surface area (Å²) >= 11 is 0. The van der Waals surface area contributed by atoms with Gasteiger partial charge >= 0.3 is 12.0 Å². The molecule has 0 aromatic heterocycles. The van der Waals surface area contributed by atoms with E-state index in [1.165, 1.54) is 4.90 Å². The fraction of sp³-hybridized carbons (Fsp3) is 0.846. The first-order valence-corrected chi connectivity index (χ1v) is 9.20. The molecule has 0 aromatic rings. The number of carbonyl (C=O) groups excluding carboxylic acids is 1. The number of rotatable bonds is 3. The summed E-state index contributed by atoms with van der Waals surface area (Å²) in [7, 11) is -3.05. The van der Waals surface area contributed by atoms with Crippen LogP contribution in [0.25, 0.3) is 0 Å². The van der Waals surface area contributed by atoms with E-state index < -0.39 is 27.9 Å². The zero-order valence-electron chi connectivity index (χ0n) is 12.0. The van der Waals surface area contributed by atoms with Crippen LogP contribution in [0.15, 0.2) is 0 Å². The average molecular weight is 318 g/mol. The van der Waals surface area contributed by atoms with E-state index in [2.05, 4.69) is 5.32 Å². The molecule has 21 heavy (non-hydrogen) atoms. The van der Waals surface area contributed by atoms with Crippen molar-refractivity contribution in [3.8, 4) is 0 Å². The van der Waals surface area contributed by atoms with Gasteiger partial charge in [0.05, 0.1) is 11.5 Å². The van der Waals surface area contributed by atoms with E-state index in [0.29, 0.717) is 0 Å². The summed E-state index contributed by atoms with van der Waals surface area (Å²) in [5.41, 5.74) is 0. The summed E-state index contributed by atoms with van der Waals surface area (Å²) in [5, 5.41) is 11.9. The molecule has 1 saturated heterocycles. The van der Waals surface area contributed by atoms with Crippen molar-refractivity contribution in [2.75, 3.05) is 24.6 Å². The summed E-state index contributed by atoms with van der Waals surface area (Å²) in [6, 6.07) is -1.35. The number of nitrogens with one attached hydrogen (secondary N) is 1. The maximum atomic E-state index is 12.1. The van der Waals surface area contributed by atoms with Crippen molar-refractivity contribution in [3.05, 3.63) is 0 Å². The third kappa shape index (κ3) is 4.33. The van der Waals surface area contributed by atoms with Gasteiger partial charge in [0.25, 0.3) is 0 Å². The van der Waals surface area contributed by atoms with Gasteiger partial charge in [-0.1, -0.05) is 19.3 Å². The highest BCUT2D eigenvalue weighted by molar-refractivity contribution is 7.91. The highest BCUT2D eigenvalue weighted by Gasteiger charge is 2.33. The zero-order chi connectivity index (χ0) is 15.5. The minimum Gasteiger partial charge on any atom is -0.480 e. The van der Waals surface area contributed by atoms with Gasteiger partial charge in [-0.15, -0.1) is 0 Å². The monoisotopic (exact) mass is 318 g/mol. The SMILES string of the molecule is O=C(O)C(NC(=O)N1CCS(=O)(=O)CC1)C1CCCCC1. The minimum absolute atomic E-state index is 0.0336. The molecule has 0 spiro atoms. The first kappa shape index (κ1) is 16.1. The number of hydrogen-bond acceptors (Lipinski definition) is 4. The summed E-state index contributed by atoms with van der Waals surface area (Å²) in [5.74, 6) is -1.16. The van der Waals surface area contributed by atoms with Crippen LogP contribution >= 0.6 is 0 Å². The number of carbonyl (C=O) groups is 2. The molecule has 0 radical (unpaired) electrons. The van der Waals surface area contributed by atoms with Crippen LogP contribution < -0.4 is 5.32 Å². The molecular weight excluding hydrogens is 296 g/mol. The van der Waals surface area contributed by atoms with Crippen molar-refractivity contribution in [2.45, 2.75) is 38.1 Å². The molecule has 8 heteroatoms. The number of amides is 2. The predicted molar refractivity (Wildman–Crippen MR) is 76.8 cm³/mol. The predicted octanol–water partition coefficient (Wildman–Crippen LogP) is 0.460. The van der Waals surface area contributed by atoms with Crippen LogP contribution in [0.1, 0.15) is 32.1 Å². The number of urea groups is 1. The maximum absolute atomic E-state index is 12.1. The lowest BCUT2D eigenvalue weighted by Gasteiger charge is -2.32. The second kappa shape index (κ2) is 6.64. The molecule has 2 amide bonds. The van der Waals surface area contributed by atoms with Crippen molar-refractivity contribution in [1.29, 1.82) is 0 Å². The van der Waals surface area contributed by atoms with Crippen molar-refractivity contribution in [2.24, 2.45) is 5.92 Å². The molecule has 1 heterocycles. The van der Waals surface area contributed by atoms with E-state index in [0.717, 1.165) is 32.1 Å². The van der Waals surface area contributed by atoms with Gasteiger partial charge in [0.2, 0.25) is 0 Å². The Bertz CT molecular complexity index is 485. The lowest BCUT2D eigenvalue weighted by Crippen LogP contribution is -2.54. The Morgan fingerprint density at radius 2 is 1.67 bits per heavy atom. The Hall–Kier alpha value is -1.31. The van der Waals surface area contributed by atoms with E-state index >= 15 is 0 Å². The van der Waals surface area contributed by atoms with Crippen LogP contribution in [0.3, 0.4) is 0 Å². The molecular formula is C13H22N2O5S. The Labute approximate surface area is 124 Å². The molecule has 2 aliphatic rings. The van der Waals surface area contributed by atoms with E-state index in [4.69, 9.17) is 0 Å². The number of sulfone groups is 1. The standard InChI is InChI=1S/C13H22N2O5S/c16-12(17)11(10-4-2-1-3-5-10)14-13(18)15-6-8-21(19,20)9-7-15/h10-11H,1-9H2,(H,14,18)(H,16,17). The fourth-order valence-corrected chi connectivity index (χ4v) is 4.19. The van der Waals surface area contributed by atoms with E-state index in [1.807, 2.05) is 0 Å². The molecule has 7 nitrogen and oxygen atoms in total. The van der Waals surface area contributed by atoms with Gasteiger partial charge in [-0.25, -0.2) is 18.0 Å². The molecule has 2 N–H and O–H groups in total. The molecule has 1 atom stereocenters. The van der Waals surface area contributed by atoms with Crippen molar-refractivity contribution < 1.29 is 23.1 Å². The second-order valence-corrected chi connectivity index (χ2v) is 8.11. The summed E-state index contributed by atoms with van der Waals surface area (Å²) in [4.78, 5) is 24.9. The summed E-state index contributed by atoms with van der Waals surface area (Å²) in [6.45, 7) is 0.260. The molecule has 120 valence electrons. The Morgan fingerprint density at radius 1 is 1.10 bits per heavy atom. The zero-order valence-corrected chi connectivity index (χ0v) is 12.8. The topological polar surface area (TPSA) is 104 Å². The maximum Gasteiger partial charge on any atom is 0.326 e. The smallest absolute Gasteiger partial charge is 0.326 e. The van der Waals surface area contributed by atoms with Crippen LogP contribution in [-0.2, 0) is 14.6 Å². The molecule has 1 saturated carbocycles. The summed E-state index contributed by atoms with van der Waals surface area (Å²) in [6.07, 6.45) is 4.72. The number of aliphatic carboxylic acids is 1. The van der Waals surface area contributed by atoms with E-state index in [9.17, 15) is 23.1 Å². The van der Waals surface area contributed by atoms with Crippen LogP contribution in [0.4, 0.5) is 4.79 Å². The number of hydrogen-bond donors (Lipinski definition) is 2. The van der Waals surface area contributed by atoms with Crippen LogP contribution in [0, 0.1) is 5.92 Å². The Balaban J connectivity index is 1.93. The first-order chi connectivity index (χ1) is 9.89. The van der Waals surface area contributed by atoms with Gasteiger partial charge in [0.1, 0.15) is 6.04 Å². The van der Waals surface area contributed by atoms with E-state index in [-0.39, 0.29) is 30.5 Å². The molecule has 0 aromatic carbocycles. The van der Waals surface area contributed by atoms with Gasteiger partial charge in [-0.05, 0) is 18.8 Å². The second-order valence-electron chi connectivity index (χ2n) is 5.80.